The maximum Gasteiger partial charge on any atom is 0.327 e. The van der Waals surface area contributed by atoms with E-state index in [0.717, 1.165) is 0 Å². The van der Waals surface area contributed by atoms with Crippen LogP contribution in [0, 0.1) is 5.92 Å². The molecule has 150 valence electrons. The number of fused-ring (bicyclic) bond motifs is 1. The lowest BCUT2D eigenvalue weighted by atomic mass is 10.0. The number of urea groups is 1. The van der Waals surface area contributed by atoms with Gasteiger partial charge in [-0.25, -0.2) is 4.79 Å². The van der Waals surface area contributed by atoms with Crippen molar-refractivity contribution in [2.45, 2.75) is 44.9 Å². The van der Waals surface area contributed by atoms with Gasteiger partial charge in [0.15, 0.2) is 0 Å². The fraction of sp³-hybridized carbons (Fsp3) is 0.476. The number of carbonyl (C=O) groups excluding carboxylic acids is 3. The number of hydrogen-bond donors (Lipinski definition) is 1. The molecule has 1 N–H and O–H groups in total. The number of rotatable bonds is 6. The van der Waals surface area contributed by atoms with Crippen molar-refractivity contribution >= 4 is 35.3 Å². The standard InChI is InChI=1S/C21H27N3O3S/c1-13(2)11-24-20(26)19-17(9-10-28-19)23(21(24)27)12-18(25)22-16-7-5-15(6-8-16)14(3)4/h5-10,13-14,17,19H,11-12H2,1-4H3,(H,22,25). The molecule has 0 aromatic heterocycles. The highest BCUT2D eigenvalue weighted by atomic mass is 32.2. The zero-order valence-corrected chi connectivity index (χ0v) is 17.5. The fourth-order valence-electron chi connectivity index (χ4n) is 3.41. The average Bonchev–Trinajstić information content (AvgIpc) is 3.12. The van der Waals surface area contributed by atoms with Gasteiger partial charge in [0.1, 0.15) is 11.8 Å². The van der Waals surface area contributed by atoms with E-state index in [2.05, 4.69) is 19.2 Å². The van der Waals surface area contributed by atoms with E-state index in [1.807, 2.05) is 49.6 Å². The van der Waals surface area contributed by atoms with Crippen molar-refractivity contribution in [1.29, 1.82) is 0 Å². The van der Waals surface area contributed by atoms with E-state index in [9.17, 15) is 14.4 Å². The van der Waals surface area contributed by atoms with E-state index in [1.54, 1.807) is 0 Å². The summed E-state index contributed by atoms with van der Waals surface area (Å²) in [5.41, 5.74) is 1.89. The van der Waals surface area contributed by atoms with Crippen LogP contribution in [0.5, 0.6) is 0 Å². The highest BCUT2D eigenvalue weighted by molar-refractivity contribution is 8.03. The summed E-state index contributed by atoms with van der Waals surface area (Å²) in [6.07, 6.45) is 1.84. The third kappa shape index (κ3) is 4.24. The molecule has 2 atom stereocenters. The summed E-state index contributed by atoms with van der Waals surface area (Å²) < 4.78 is 0. The third-order valence-corrected chi connectivity index (χ3v) is 5.97. The maximum absolute atomic E-state index is 12.9. The molecule has 2 unspecified atom stereocenters. The Kier molecular flexibility index (Phi) is 6.13. The Morgan fingerprint density at radius 1 is 1.14 bits per heavy atom. The quantitative estimate of drug-likeness (QED) is 0.790. The molecule has 3 rings (SSSR count). The summed E-state index contributed by atoms with van der Waals surface area (Å²) in [7, 11) is 0. The zero-order valence-electron chi connectivity index (χ0n) is 16.7. The molecule has 2 heterocycles. The molecule has 0 aliphatic carbocycles. The second-order valence-corrected chi connectivity index (χ2v) is 9.01. The van der Waals surface area contributed by atoms with Crippen LogP contribution in [-0.2, 0) is 9.59 Å². The van der Waals surface area contributed by atoms with Gasteiger partial charge in [0.2, 0.25) is 11.8 Å². The molecule has 0 saturated carbocycles. The molecule has 28 heavy (non-hydrogen) atoms. The molecule has 2 aliphatic heterocycles. The summed E-state index contributed by atoms with van der Waals surface area (Å²) in [4.78, 5) is 41.0. The topological polar surface area (TPSA) is 69.7 Å². The molecule has 0 radical (unpaired) electrons. The van der Waals surface area contributed by atoms with Crippen LogP contribution in [0.4, 0.5) is 10.5 Å². The third-order valence-electron chi connectivity index (χ3n) is 4.88. The normalized spacial score (nSPS) is 21.6. The number of amides is 4. The summed E-state index contributed by atoms with van der Waals surface area (Å²) in [5, 5.41) is 4.33. The largest absolute Gasteiger partial charge is 0.327 e. The fourth-order valence-corrected chi connectivity index (χ4v) is 4.47. The van der Waals surface area contributed by atoms with Crippen LogP contribution in [0.25, 0.3) is 0 Å². The van der Waals surface area contributed by atoms with Crippen LogP contribution < -0.4 is 5.32 Å². The van der Waals surface area contributed by atoms with Gasteiger partial charge in [-0.15, -0.1) is 11.8 Å². The number of hydrogen-bond acceptors (Lipinski definition) is 4. The summed E-state index contributed by atoms with van der Waals surface area (Å²) >= 11 is 1.41. The predicted octanol–water partition coefficient (Wildman–Crippen LogP) is 3.67. The van der Waals surface area contributed by atoms with E-state index in [-0.39, 0.29) is 35.6 Å². The Morgan fingerprint density at radius 3 is 2.43 bits per heavy atom. The first kappa shape index (κ1) is 20.5. The Morgan fingerprint density at radius 2 is 1.82 bits per heavy atom. The van der Waals surface area contributed by atoms with E-state index < -0.39 is 6.03 Å². The average molecular weight is 402 g/mol. The number of carbonyl (C=O) groups is 3. The molecular formula is C21H27N3O3S. The molecular weight excluding hydrogens is 374 g/mol. The molecule has 4 amide bonds. The van der Waals surface area contributed by atoms with Crippen molar-refractivity contribution in [3.8, 4) is 0 Å². The van der Waals surface area contributed by atoms with Gasteiger partial charge in [-0.2, -0.15) is 0 Å². The van der Waals surface area contributed by atoms with Gasteiger partial charge >= 0.3 is 6.03 Å². The Balaban J connectivity index is 1.71. The lowest BCUT2D eigenvalue weighted by Crippen LogP contribution is -2.63. The minimum absolute atomic E-state index is 0.0846. The number of nitrogens with zero attached hydrogens (tertiary/aromatic N) is 2. The van der Waals surface area contributed by atoms with E-state index in [1.165, 1.54) is 27.1 Å². The van der Waals surface area contributed by atoms with Crippen LogP contribution in [0.2, 0.25) is 0 Å². The van der Waals surface area contributed by atoms with Crippen molar-refractivity contribution in [3.63, 3.8) is 0 Å². The van der Waals surface area contributed by atoms with Crippen LogP contribution in [-0.4, -0.2) is 52.0 Å². The van der Waals surface area contributed by atoms with Gasteiger partial charge in [0, 0.05) is 12.2 Å². The zero-order chi connectivity index (χ0) is 20.4. The summed E-state index contributed by atoms with van der Waals surface area (Å²) in [6.45, 7) is 8.43. The minimum Gasteiger partial charge on any atom is -0.325 e. The Labute approximate surface area is 170 Å². The van der Waals surface area contributed by atoms with Crippen molar-refractivity contribution < 1.29 is 14.4 Å². The minimum atomic E-state index is -0.391. The summed E-state index contributed by atoms with van der Waals surface area (Å²) in [6, 6.07) is 6.95. The number of thioether (sulfide) groups is 1. The Hall–Kier alpha value is -2.28. The van der Waals surface area contributed by atoms with Crippen molar-refractivity contribution in [2.75, 3.05) is 18.4 Å². The maximum atomic E-state index is 12.9. The first-order valence-electron chi connectivity index (χ1n) is 9.62. The lowest BCUT2D eigenvalue weighted by Gasteiger charge is -2.41. The van der Waals surface area contributed by atoms with Gasteiger partial charge in [-0.05, 0) is 34.9 Å². The van der Waals surface area contributed by atoms with Gasteiger partial charge in [-0.3, -0.25) is 14.5 Å². The van der Waals surface area contributed by atoms with Crippen LogP contribution >= 0.6 is 11.8 Å². The van der Waals surface area contributed by atoms with Gasteiger partial charge in [0.05, 0.1) is 6.04 Å². The second kappa shape index (κ2) is 8.39. The van der Waals surface area contributed by atoms with E-state index in [4.69, 9.17) is 0 Å². The van der Waals surface area contributed by atoms with Crippen LogP contribution in [0.3, 0.4) is 0 Å². The smallest absolute Gasteiger partial charge is 0.325 e. The molecule has 1 fully saturated rings. The number of benzene rings is 1. The van der Waals surface area contributed by atoms with Crippen molar-refractivity contribution in [3.05, 3.63) is 41.3 Å². The highest BCUT2D eigenvalue weighted by Crippen LogP contribution is 2.34. The molecule has 2 aliphatic rings. The monoisotopic (exact) mass is 401 g/mol. The SMILES string of the molecule is CC(C)CN1C(=O)C2SC=CC2N(CC(=O)Nc2ccc(C(C)C)cc2)C1=O. The molecule has 1 aromatic carbocycles. The number of imide groups is 1. The van der Waals surface area contributed by atoms with Crippen molar-refractivity contribution in [1.82, 2.24) is 9.80 Å². The van der Waals surface area contributed by atoms with Gasteiger partial charge in [0.25, 0.3) is 0 Å². The van der Waals surface area contributed by atoms with Gasteiger partial charge in [-0.1, -0.05) is 45.9 Å². The molecule has 0 bridgehead atoms. The molecule has 7 heteroatoms. The predicted molar refractivity (Wildman–Crippen MR) is 112 cm³/mol. The highest BCUT2D eigenvalue weighted by Gasteiger charge is 2.47. The molecule has 0 spiro atoms. The first-order chi connectivity index (χ1) is 13.3. The van der Waals surface area contributed by atoms with Gasteiger partial charge < -0.3 is 10.2 Å². The van der Waals surface area contributed by atoms with Crippen LogP contribution in [0.15, 0.2) is 35.7 Å². The van der Waals surface area contributed by atoms with Crippen molar-refractivity contribution in [2.24, 2.45) is 5.92 Å². The van der Waals surface area contributed by atoms with E-state index >= 15 is 0 Å². The lowest BCUT2D eigenvalue weighted by molar-refractivity contribution is -0.132. The number of nitrogens with one attached hydrogen (secondary N) is 1. The molecule has 6 nitrogen and oxygen atoms in total. The second-order valence-electron chi connectivity index (χ2n) is 7.95. The Bertz CT molecular complexity index is 789. The number of anilines is 1. The van der Waals surface area contributed by atoms with E-state index in [0.29, 0.717) is 18.2 Å². The molecule has 1 saturated heterocycles. The summed E-state index contributed by atoms with van der Waals surface area (Å²) in [5.74, 6) is 0.149. The molecule has 1 aromatic rings. The first-order valence-corrected chi connectivity index (χ1v) is 10.6. The van der Waals surface area contributed by atoms with Crippen LogP contribution in [0.1, 0.15) is 39.2 Å².